The lowest BCUT2D eigenvalue weighted by molar-refractivity contribution is 0.0407. The SMILES string of the molecule is CN1CCC(O)(c2c(Cl)cnn2C)C1. The number of halogens is 1. The van der Waals surface area contributed by atoms with Gasteiger partial charge in [0.25, 0.3) is 0 Å². The summed E-state index contributed by atoms with van der Waals surface area (Å²) in [4.78, 5) is 2.09. The van der Waals surface area contributed by atoms with Crippen LogP contribution in [0.2, 0.25) is 5.02 Å². The fraction of sp³-hybridized carbons (Fsp3) is 0.667. The molecule has 0 aliphatic carbocycles. The van der Waals surface area contributed by atoms with Crippen LogP contribution in [0.25, 0.3) is 0 Å². The van der Waals surface area contributed by atoms with Crippen LogP contribution in [0.3, 0.4) is 0 Å². The Labute approximate surface area is 88.1 Å². The highest BCUT2D eigenvalue weighted by Gasteiger charge is 2.40. The largest absolute Gasteiger partial charge is 0.382 e. The number of likely N-dealkylation sites (tertiary alicyclic amines) is 1. The molecule has 1 fully saturated rings. The molecular weight excluding hydrogens is 202 g/mol. The number of nitrogens with zero attached hydrogens (tertiary/aromatic N) is 3. The Kier molecular flexibility index (Phi) is 2.29. The monoisotopic (exact) mass is 215 g/mol. The molecule has 14 heavy (non-hydrogen) atoms. The lowest BCUT2D eigenvalue weighted by Crippen LogP contribution is -2.31. The van der Waals surface area contributed by atoms with E-state index in [4.69, 9.17) is 11.6 Å². The van der Waals surface area contributed by atoms with Gasteiger partial charge in [0, 0.05) is 20.1 Å². The lowest BCUT2D eigenvalue weighted by atomic mass is 9.99. The predicted molar refractivity (Wildman–Crippen MR) is 54.2 cm³/mol. The molecule has 0 spiro atoms. The summed E-state index contributed by atoms with van der Waals surface area (Å²) in [5.74, 6) is 0. The van der Waals surface area contributed by atoms with E-state index in [9.17, 15) is 5.11 Å². The van der Waals surface area contributed by atoms with Crippen LogP contribution in [-0.4, -0.2) is 39.9 Å². The topological polar surface area (TPSA) is 41.3 Å². The van der Waals surface area contributed by atoms with Gasteiger partial charge in [-0.2, -0.15) is 5.10 Å². The number of aliphatic hydroxyl groups is 1. The summed E-state index contributed by atoms with van der Waals surface area (Å²) < 4.78 is 1.65. The van der Waals surface area contributed by atoms with E-state index in [0.717, 1.165) is 12.2 Å². The van der Waals surface area contributed by atoms with Crippen molar-refractivity contribution in [3.05, 3.63) is 16.9 Å². The van der Waals surface area contributed by atoms with Gasteiger partial charge in [0.15, 0.2) is 0 Å². The summed E-state index contributed by atoms with van der Waals surface area (Å²) in [7, 11) is 3.79. The van der Waals surface area contributed by atoms with E-state index in [2.05, 4.69) is 10.00 Å². The summed E-state index contributed by atoms with van der Waals surface area (Å²) in [6.45, 7) is 1.50. The van der Waals surface area contributed by atoms with Crippen molar-refractivity contribution >= 4 is 11.6 Å². The highest BCUT2D eigenvalue weighted by Crippen LogP contribution is 2.34. The molecule has 0 radical (unpaired) electrons. The molecule has 2 heterocycles. The highest BCUT2D eigenvalue weighted by molar-refractivity contribution is 6.31. The quantitative estimate of drug-likeness (QED) is 0.746. The van der Waals surface area contributed by atoms with Crippen LogP contribution in [0.1, 0.15) is 12.1 Å². The molecule has 4 nitrogen and oxygen atoms in total. The van der Waals surface area contributed by atoms with E-state index in [1.807, 2.05) is 7.05 Å². The third-order valence-corrected chi connectivity index (χ3v) is 3.05. The smallest absolute Gasteiger partial charge is 0.121 e. The maximum absolute atomic E-state index is 10.4. The molecule has 0 amide bonds. The third-order valence-electron chi connectivity index (χ3n) is 2.77. The van der Waals surface area contributed by atoms with E-state index in [1.165, 1.54) is 0 Å². The predicted octanol–water partition coefficient (Wildman–Crippen LogP) is 0.597. The van der Waals surface area contributed by atoms with E-state index in [0.29, 0.717) is 18.0 Å². The Morgan fingerprint density at radius 2 is 2.29 bits per heavy atom. The molecule has 1 saturated heterocycles. The van der Waals surface area contributed by atoms with Gasteiger partial charge < -0.3 is 10.0 Å². The van der Waals surface area contributed by atoms with Crippen molar-refractivity contribution in [2.75, 3.05) is 20.1 Å². The molecule has 78 valence electrons. The van der Waals surface area contributed by atoms with Crippen molar-refractivity contribution in [3.8, 4) is 0 Å². The second-order valence-corrected chi connectivity index (χ2v) is 4.39. The second kappa shape index (κ2) is 3.22. The molecule has 0 saturated carbocycles. The standard InChI is InChI=1S/C9H14ClN3O/c1-12-4-3-9(14,6-12)8-7(10)5-11-13(8)2/h5,14H,3-4,6H2,1-2H3. The first-order valence-corrected chi connectivity index (χ1v) is 5.00. The average Bonchev–Trinajstić information content (AvgIpc) is 2.58. The van der Waals surface area contributed by atoms with Crippen molar-refractivity contribution in [1.29, 1.82) is 0 Å². The van der Waals surface area contributed by atoms with Crippen LogP contribution >= 0.6 is 11.6 Å². The molecule has 1 N–H and O–H groups in total. The number of rotatable bonds is 1. The summed E-state index contributed by atoms with van der Waals surface area (Å²) in [6, 6.07) is 0. The molecule has 2 rings (SSSR count). The molecule has 1 aliphatic heterocycles. The molecule has 0 bridgehead atoms. The molecule has 1 aliphatic rings. The van der Waals surface area contributed by atoms with Gasteiger partial charge in [0.1, 0.15) is 5.60 Å². The first-order valence-electron chi connectivity index (χ1n) is 4.62. The summed E-state index contributed by atoms with van der Waals surface area (Å²) in [6.07, 6.45) is 2.29. The summed E-state index contributed by atoms with van der Waals surface area (Å²) >= 11 is 6.00. The number of β-amino-alcohol motifs (C(OH)–C–C–N with tert-alkyl or cyclic N) is 1. The zero-order valence-electron chi connectivity index (χ0n) is 8.37. The zero-order valence-corrected chi connectivity index (χ0v) is 9.12. The van der Waals surface area contributed by atoms with E-state index in [1.54, 1.807) is 17.9 Å². The van der Waals surface area contributed by atoms with Gasteiger partial charge in [0.2, 0.25) is 0 Å². The van der Waals surface area contributed by atoms with Gasteiger partial charge >= 0.3 is 0 Å². The number of hydrogen-bond acceptors (Lipinski definition) is 3. The number of likely N-dealkylation sites (N-methyl/N-ethyl adjacent to an activating group) is 1. The Bertz CT molecular complexity index is 332. The minimum absolute atomic E-state index is 0.547. The van der Waals surface area contributed by atoms with Crippen molar-refractivity contribution < 1.29 is 5.11 Å². The molecule has 1 atom stereocenters. The van der Waals surface area contributed by atoms with Crippen LogP contribution in [0.5, 0.6) is 0 Å². The minimum Gasteiger partial charge on any atom is -0.382 e. The molecule has 1 aromatic rings. The fourth-order valence-corrected chi connectivity index (χ4v) is 2.45. The first-order chi connectivity index (χ1) is 6.53. The number of aryl methyl sites for hydroxylation is 1. The van der Waals surface area contributed by atoms with Crippen LogP contribution in [-0.2, 0) is 12.6 Å². The Balaban J connectivity index is 2.39. The molecule has 5 heteroatoms. The van der Waals surface area contributed by atoms with E-state index >= 15 is 0 Å². The van der Waals surface area contributed by atoms with Crippen LogP contribution in [0, 0.1) is 0 Å². The van der Waals surface area contributed by atoms with Crippen LogP contribution in [0.15, 0.2) is 6.20 Å². The maximum atomic E-state index is 10.4. The van der Waals surface area contributed by atoms with Gasteiger partial charge in [-0.15, -0.1) is 0 Å². The zero-order chi connectivity index (χ0) is 10.3. The van der Waals surface area contributed by atoms with Crippen molar-refractivity contribution in [2.24, 2.45) is 7.05 Å². The van der Waals surface area contributed by atoms with Gasteiger partial charge in [-0.05, 0) is 13.5 Å². The second-order valence-electron chi connectivity index (χ2n) is 3.98. The molecule has 0 aromatic carbocycles. The van der Waals surface area contributed by atoms with Crippen LogP contribution < -0.4 is 0 Å². The Hall–Kier alpha value is -0.580. The van der Waals surface area contributed by atoms with Gasteiger partial charge in [-0.1, -0.05) is 11.6 Å². The Morgan fingerprint density at radius 1 is 1.57 bits per heavy atom. The fourth-order valence-electron chi connectivity index (χ4n) is 2.11. The minimum atomic E-state index is -0.836. The lowest BCUT2D eigenvalue weighted by Gasteiger charge is -2.23. The van der Waals surface area contributed by atoms with Gasteiger partial charge in [-0.25, -0.2) is 0 Å². The van der Waals surface area contributed by atoms with Crippen molar-refractivity contribution in [2.45, 2.75) is 12.0 Å². The third kappa shape index (κ3) is 1.43. The van der Waals surface area contributed by atoms with E-state index < -0.39 is 5.60 Å². The number of hydrogen-bond donors (Lipinski definition) is 1. The average molecular weight is 216 g/mol. The first kappa shape index (κ1) is 9.96. The summed E-state index contributed by atoms with van der Waals surface area (Å²) in [5.41, 5.74) is -0.111. The van der Waals surface area contributed by atoms with Crippen molar-refractivity contribution in [3.63, 3.8) is 0 Å². The molecule has 1 unspecified atom stereocenters. The van der Waals surface area contributed by atoms with Crippen LogP contribution in [0.4, 0.5) is 0 Å². The highest BCUT2D eigenvalue weighted by atomic mass is 35.5. The normalized spacial score (nSPS) is 28.6. The summed E-state index contributed by atoms with van der Waals surface area (Å²) in [5, 5.41) is 15.0. The van der Waals surface area contributed by atoms with Gasteiger partial charge in [0.05, 0.1) is 16.9 Å². The van der Waals surface area contributed by atoms with Crippen molar-refractivity contribution in [1.82, 2.24) is 14.7 Å². The number of aromatic nitrogens is 2. The van der Waals surface area contributed by atoms with E-state index in [-0.39, 0.29) is 0 Å². The Morgan fingerprint density at radius 3 is 2.71 bits per heavy atom. The maximum Gasteiger partial charge on any atom is 0.121 e. The molecule has 1 aromatic heterocycles. The molecular formula is C9H14ClN3O. The van der Waals surface area contributed by atoms with Gasteiger partial charge in [-0.3, -0.25) is 4.68 Å².